The number of hydrogen-bond donors (Lipinski definition) is 2. The molecule has 1 aromatic heterocycles. The van der Waals surface area contributed by atoms with Crippen molar-refractivity contribution in [2.45, 2.75) is 0 Å². The highest BCUT2D eigenvalue weighted by molar-refractivity contribution is 7.12. The highest BCUT2D eigenvalue weighted by Gasteiger charge is 2.20. The lowest BCUT2D eigenvalue weighted by Gasteiger charge is -2.15. The summed E-state index contributed by atoms with van der Waals surface area (Å²) in [7, 11) is 2.80. The summed E-state index contributed by atoms with van der Waals surface area (Å²) < 4.78 is 15.2. The molecular formula is C16H16N2O6S. The average molecular weight is 364 g/mol. The minimum absolute atomic E-state index is 0.0698. The minimum Gasteiger partial charge on any atom is -0.493 e. The van der Waals surface area contributed by atoms with Crippen molar-refractivity contribution in [3.8, 4) is 11.5 Å². The number of primary amides is 1. The van der Waals surface area contributed by atoms with Crippen molar-refractivity contribution >= 4 is 34.8 Å². The molecule has 0 saturated carbocycles. The Kier molecular flexibility index (Phi) is 5.96. The molecule has 0 atom stereocenters. The molecule has 25 heavy (non-hydrogen) atoms. The van der Waals surface area contributed by atoms with Crippen LogP contribution in [0.3, 0.4) is 0 Å². The molecule has 0 saturated heterocycles. The van der Waals surface area contributed by atoms with Crippen molar-refractivity contribution in [2.24, 2.45) is 5.73 Å². The number of ether oxygens (including phenoxy) is 3. The number of thiophene rings is 1. The molecule has 2 amide bonds. The first kappa shape index (κ1) is 18.3. The van der Waals surface area contributed by atoms with Gasteiger partial charge in [-0.15, -0.1) is 11.3 Å². The van der Waals surface area contributed by atoms with E-state index in [9.17, 15) is 14.4 Å². The number of carbonyl (C=O) groups excluding carboxylic acids is 3. The molecule has 1 heterocycles. The van der Waals surface area contributed by atoms with Gasteiger partial charge in [-0.1, -0.05) is 6.07 Å². The maximum Gasteiger partial charge on any atom is 0.338 e. The summed E-state index contributed by atoms with van der Waals surface area (Å²) in [5.41, 5.74) is 5.25. The molecular weight excluding hydrogens is 348 g/mol. The quantitative estimate of drug-likeness (QED) is 0.722. The Morgan fingerprint density at radius 3 is 2.52 bits per heavy atom. The minimum atomic E-state index is -0.786. The number of methoxy groups -OCH3 is 2. The summed E-state index contributed by atoms with van der Waals surface area (Å²) >= 11 is 1.27. The molecule has 0 spiro atoms. The van der Waals surface area contributed by atoms with Crippen LogP contribution in [0.2, 0.25) is 0 Å². The van der Waals surface area contributed by atoms with Crippen LogP contribution in [0, 0.1) is 0 Å². The van der Waals surface area contributed by atoms with Gasteiger partial charge in [0.25, 0.3) is 11.8 Å². The zero-order valence-electron chi connectivity index (χ0n) is 13.5. The van der Waals surface area contributed by atoms with Crippen molar-refractivity contribution in [1.82, 2.24) is 0 Å². The van der Waals surface area contributed by atoms with Crippen molar-refractivity contribution in [3.63, 3.8) is 0 Å². The number of carbonyl (C=O) groups is 3. The Balaban J connectivity index is 2.35. The van der Waals surface area contributed by atoms with E-state index in [1.807, 2.05) is 0 Å². The lowest BCUT2D eigenvalue weighted by Crippen LogP contribution is -2.21. The molecule has 0 radical (unpaired) electrons. The summed E-state index contributed by atoms with van der Waals surface area (Å²) in [6, 6.07) is 6.16. The molecule has 1 aromatic carbocycles. The van der Waals surface area contributed by atoms with Gasteiger partial charge in [-0.25, -0.2) is 4.79 Å². The van der Waals surface area contributed by atoms with Crippen LogP contribution in [-0.4, -0.2) is 38.6 Å². The fourth-order valence-corrected chi connectivity index (χ4v) is 2.61. The summed E-state index contributed by atoms with van der Waals surface area (Å²) in [6.07, 6.45) is 0. The topological polar surface area (TPSA) is 117 Å². The van der Waals surface area contributed by atoms with E-state index in [1.54, 1.807) is 17.5 Å². The smallest absolute Gasteiger partial charge is 0.338 e. The fourth-order valence-electron chi connectivity index (χ4n) is 1.99. The van der Waals surface area contributed by atoms with E-state index >= 15 is 0 Å². The number of anilines is 1. The average Bonchev–Trinajstić information content (AvgIpc) is 3.13. The number of rotatable bonds is 7. The van der Waals surface area contributed by atoms with Crippen LogP contribution in [0.25, 0.3) is 0 Å². The molecule has 0 aliphatic heterocycles. The molecule has 0 fully saturated rings. The molecule has 0 aliphatic rings. The first-order chi connectivity index (χ1) is 12.0. The van der Waals surface area contributed by atoms with E-state index in [0.717, 1.165) is 0 Å². The van der Waals surface area contributed by atoms with Crippen LogP contribution in [0.1, 0.15) is 20.0 Å². The van der Waals surface area contributed by atoms with Gasteiger partial charge in [0.15, 0.2) is 18.1 Å². The number of hydrogen-bond acceptors (Lipinski definition) is 7. The number of nitrogens with one attached hydrogen (secondary N) is 1. The van der Waals surface area contributed by atoms with Crippen molar-refractivity contribution in [3.05, 3.63) is 40.1 Å². The van der Waals surface area contributed by atoms with Gasteiger partial charge in [0.05, 0.1) is 30.3 Å². The molecule has 3 N–H and O–H groups in total. The molecule has 2 rings (SSSR count). The third-order valence-corrected chi connectivity index (χ3v) is 3.92. The van der Waals surface area contributed by atoms with Crippen LogP contribution >= 0.6 is 11.3 Å². The predicted molar refractivity (Wildman–Crippen MR) is 91.3 cm³/mol. The number of amides is 2. The fraction of sp³-hybridized carbons (Fsp3) is 0.188. The van der Waals surface area contributed by atoms with E-state index in [4.69, 9.17) is 19.9 Å². The molecule has 132 valence electrons. The van der Waals surface area contributed by atoms with Crippen LogP contribution in [-0.2, 0) is 9.53 Å². The SMILES string of the molecule is COc1cc(C(=O)OCC(N)=O)cc(NC(=O)c2cccs2)c1OC. The van der Waals surface area contributed by atoms with Crippen molar-refractivity contribution in [1.29, 1.82) is 0 Å². The van der Waals surface area contributed by atoms with Gasteiger partial charge >= 0.3 is 5.97 Å². The van der Waals surface area contributed by atoms with E-state index < -0.39 is 18.5 Å². The lowest BCUT2D eigenvalue weighted by atomic mass is 10.1. The highest BCUT2D eigenvalue weighted by Crippen LogP contribution is 2.37. The molecule has 9 heteroatoms. The highest BCUT2D eigenvalue weighted by atomic mass is 32.1. The van der Waals surface area contributed by atoms with E-state index in [1.165, 1.54) is 37.7 Å². The second kappa shape index (κ2) is 8.15. The third kappa shape index (κ3) is 4.48. The monoisotopic (exact) mass is 364 g/mol. The van der Waals surface area contributed by atoms with Crippen molar-refractivity contribution in [2.75, 3.05) is 26.1 Å². The Labute approximate surface area is 147 Å². The van der Waals surface area contributed by atoms with E-state index in [-0.39, 0.29) is 28.7 Å². The largest absolute Gasteiger partial charge is 0.493 e. The normalized spacial score (nSPS) is 10.0. The van der Waals surface area contributed by atoms with Gasteiger partial charge in [-0.3, -0.25) is 9.59 Å². The molecule has 2 aromatic rings. The Hall–Kier alpha value is -3.07. The maximum atomic E-state index is 12.3. The van der Waals surface area contributed by atoms with Crippen molar-refractivity contribution < 1.29 is 28.6 Å². The predicted octanol–water partition coefficient (Wildman–Crippen LogP) is 1.66. The zero-order valence-corrected chi connectivity index (χ0v) is 14.3. The van der Waals surface area contributed by atoms with Crippen LogP contribution in [0.5, 0.6) is 11.5 Å². The summed E-state index contributed by atoms with van der Waals surface area (Å²) in [4.78, 5) is 35.5. The standard InChI is InChI=1S/C16H16N2O6S/c1-22-11-7-9(16(21)24-8-13(17)19)6-10(14(11)23-2)18-15(20)12-4-3-5-25-12/h3-7H,8H2,1-2H3,(H2,17,19)(H,18,20). The number of benzene rings is 1. The molecule has 0 bridgehead atoms. The molecule has 0 aliphatic carbocycles. The van der Waals surface area contributed by atoms with Crippen LogP contribution in [0.15, 0.2) is 29.6 Å². The summed E-state index contributed by atoms with van der Waals surface area (Å²) in [5.74, 6) is -1.46. The van der Waals surface area contributed by atoms with Gasteiger partial charge in [-0.05, 0) is 23.6 Å². The molecule has 0 unspecified atom stereocenters. The molecule has 8 nitrogen and oxygen atoms in total. The van der Waals surface area contributed by atoms with Gasteiger partial charge < -0.3 is 25.3 Å². The first-order valence-electron chi connectivity index (χ1n) is 7.02. The number of esters is 1. The van der Waals surface area contributed by atoms with Crippen LogP contribution in [0.4, 0.5) is 5.69 Å². The zero-order chi connectivity index (χ0) is 18.4. The second-order valence-electron chi connectivity index (χ2n) is 4.73. The van der Waals surface area contributed by atoms with Gasteiger partial charge in [0, 0.05) is 0 Å². The van der Waals surface area contributed by atoms with Gasteiger partial charge in [-0.2, -0.15) is 0 Å². The Morgan fingerprint density at radius 1 is 1.20 bits per heavy atom. The third-order valence-electron chi connectivity index (χ3n) is 3.05. The number of nitrogens with two attached hydrogens (primary N) is 1. The van der Waals surface area contributed by atoms with E-state index in [2.05, 4.69) is 5.32 Å². The van der Waals surface area contributed by atoms with Gasteiger partial charge in [0.2, 0.25) is 0 Å². The Morgan fingerprint density at radius 2 is 1.96 bits per heavy atom. The second-order valence-corrected chi connectivity index (χ2v) is 5.68. The summed E-state index contributed by atoms with van der Waals surface area (Å²) in [5, 5.41) is 4.43. The summed E-state index contributed by atoms with van der Waals surface area (Å²) in [6.45, 7) is -0.552. The van der Waals surface area contributed by atoms with Gasteiger partial charge in [0.1, 0.15) is 0 Å². The van der Waals surface area contributed by atoms with E-state index in [0.29, 0.717) is 4.88 Å². The maximum absolute atomic E-state index is 12.3. The van der Waals surface area contributed by atoms with Crippen LogP contribution < -0.4 is 20.5 Å². The Bertz CT molecular complexity index is 788. The first-order valence-corrected chi connectivity index (χ1v) is 7.90. The lowest BCUT2D eigenvalue weighted by molar-refractivity contribution is -0.121.